The molecule has 3 nitrogen and oxygen atoms in total. The van der Waals surface area contributed by atoms with Gasteiger partial charge < -0.3 is 9.47 Å². The van der Waals surface area contributed by atoms with Gasteiger partial charge in [0.2, 0.25) is 0 Å². The predicted octanol–water partition coefficient (Wildman–Crippen LogP) is 6.15. The zero-order valence-corrected chi connectivity index (χ0v) is 15.6. The number of carbonyl (C=O) groups is 1. The molecule has 5 heteroatoms. The molecule has 1 saturated carbocycles. The van der Waals surface area contributed by atoms with Gasteiger partial charge in [-0.2, -0.15) is 0 Å². The second-order valence-electron chi connectivity index (χ2n) is 6.25. The maximum absolute atomic E-state index is 12.5. The van der Waals surface area contributed by atoms with Crippen molar-refractivity contribution in [2.75, 3.05) is 7.11 Å². The monoisotopic (exact) mass is 378 g/mol. The van der Waals surface area contributed by atoms with E-state index in [1.54, 1.807) is 31.4 Å². The number of halogens is 2. The molecule has 0 heterocycles. The summed E-state index contributed by atoms with van der Waals surface area (Å²) in [5.41, 5.74) is 1.66. The molecular weight excluding hydrogens is 359 g/mol. The Bertz CT molecular complexity index is 768. The van der Waals surface area contributed by atoms with Crippen LogP contribution >= 0.6 is 23.2 Å². The lowest BCUT2D eigenvalue weighted by Crippen LogP contribution is -2.22. The minimum Gasteiger partial charge on any atom is -0.493 e. The van der Waals surface area contributed by atoms with Crippen LogP contribution < -0.4 is 9.47 Å². The van der Waals surface area contributed by atoms with Crippen LogP contribution in [0.3, 0.4) is 0 Å². The average molecular weight is 379 g/mol. The second-order valence-corrected chi connectivity index (χ2v) is 7.09. The van der Waals surface area contributed by atoms with E-state index >= 15 is 0 Å². The van der Waals surface area contributed by atoms with Gasteiger partial charge in [-0.05, 0) is 42.7 Å². The van der Waals surface area contributed by atoms with Gasteiger partial charge in [0.05, 0.1) is 13.0 Å². The van der Waals surface area contributed by atoms with Crippen molar-refractivity contribution in [3.05, 3.63) is 46.4 Å². The quantitative estimate of drug-likeness (QED) is 0.472. The van der Waals surface area contributed by atoms with Crippen LogP contribution in [0.4, 0.5) is 0 Å². The largest absolute Gasteiger partial charge is 0.493 e. The Hall–Kier alpha value is -1.71. The van der Waals surface area contributed by atoms with Gasteiger partial charge in [0.25, 0.3) is 0 Å². The SMILES string of the molecule is COc1ccc(-c2ccc(Cl)cc2Cl)cc1OC(=O)C1CCCCC1. The number of methoxy groups -OCH3 is 1. The lowest BCUT2D eigenvalue weighted by Gasteiger charge is -2.20. The summed E-state index contributed by atoms with van der Waals surface area (Å²) < 4.78 is 11.0. The minimum atomic E-state index is -0.183. The minimum absolute atomic E-state index is 0.0266. The van der Waals surface area contributed by atoms with E-state index in [2.05, 4.69) is 0 Å². The first-order valence-electron chi connectivity index (χ1n) is 8.43. The van der Waals surface area contributed by atoms with Crippen LogP contribution in [0.25, 0.3) is 11.1 Å². The van der Waals surface area contributed by atoms with Crippen molar-refractivity contribution in [1.29, 1.82) is 0 Å². The van der Waals surface area contributed by atoms with Crippen molar-refractivity contribution >= 4 is 29.2 Å². The van der Waals surface area contributed by atoms with Gasteiger partial charge in [-0.3, -0.25) is 4.79 Å². The lowest BCUT2D eigenvalue weighted by atomic mass is 9.89. The number of esters is 1. The fraction of sp³-hybridized carbons (Fsp3) is 0.350. The van der Waals surface area contributed by atoms with Crippen molar-refractivity contribution in [3.8, 4) is 22.6 Å². The van der Waals surface area contributed by atoms with Crippen LogP contribution in [0.2, 0.25) is 10.0 Å². The van der Waals surface area contributed by atoms with E-state index in [-0.39, 0.29) is 11.9 Å². The molecule has 1 aliphatic carbocycles. The maximum Gasteiger partial charge on any atom is 0.314 e. The number of hydrogen-bond donors (Lipinski definition) is 0. The lowest BCUT2D eigenvalue weighted by molar-refractivity contribution is -0.140. The summed E-state index contributed by atoms with van der Waals surface area (Å²) in [4.78, 5) is 12.5. The Kier molecular flexibility index (Phi) is 5.87. The van der Waals surface area contributed by atoms with E-state index in [1.807, 2.05) is 12.1 Å². The molecule has 25 heavy (non-hydrogen) atoms. The summed E-state index contributed by atoms with van der Waals surface area (Å²) in [5, 5.41) is 1.12. The molecule has 1 fully saturated rings. The predicted molar refractivity (Wildman–Crippen MR) is 101 cm³/mol. The van der Waals surface area contributed by atoms with Gasteiger partial charge >= 0.3 is 5.97 Å². The van der Waals surface area contributed by atoms with Crippen molar-refractivity contribution < 1.29 is 14.3 Å². The third kappa shape index (κ3) is 4.28. The highest BCUT2D eigenvalue weighted by molar-refractivity contribution is 6.36. The summed E-state index contributed by atoms with van der Waals surface area (Å²) in [6.45, 7) is 0. The number of rotatable bonds is 4. The zero-order valence-electron chi connectivity index (χ0n) is 14.1. The summed E-state index contributed by atoms with van der Waals surface area (Å²) in [7, 11) is 1.56. The van der Waals surface area contributed by atoms with Crippen LogP contribution in [-0.2, 0) is 4.79 Å². The zero-order chi connectivity index (χ0) is 17.8. The Morgan fingerprint density at radius 1 is 1.00 bits per heavy atom. The van der Waals surface area contributed by atoms with E-state index < -0.39 is 0 Å². The molecule has 0 amide bonds. The molecular formula is C20H20Cl2O3. The normalized spacial score (nSPS) is 15.0. The molecule has 0 bridgehead atoms. The van der Waals surface area contributed by atoms with Gasteiger partial charge in [0.1, 0.15) is 0 Å². The van der Waals surface area contributed by atoms with Gasteiger partial charge in [0, 0.05) is 15.6 Å². The third-order valence-electron chi connectivity index (χ3n) is 4.55. The highest BCUT2D eigenvalue weighted by Crippen LogP contribution is 2.37. The van der Waals surface area contributed by atoms with Gasteiger partial charge in [0.15, 0.2) is 11.5 Å². The van der Waals surface area contributed by atoms with Crippen molar-refractivity contribution in [3.63, 3.8) is 0 Å². The third-order valence-corrected chi connectivity index (χ3v) is 5.10. The summed E-state index contributed by atoms with van der Waals surface area (Å²) in [5.74, 6) is 0.734. The highest BCUT2D eigenvalue weighted by atomic mass is 35.5. The topological polar surface area (TPSA) is 35.5 Å². The Balaban J connectivity index is 1.88. The van der Waals surface area contributed by atoms with Crippen molar-refractivity contribution in [1.82, 2.24) is 0 Å². The smallest absolute Gasteiger partial charge is 0.314 e. The first kappa shape index (κ1) is 18.1. The van der Waals surface area contributed by atoms with E-state index in [4.69, 9.17) is 32.7 Å². The van der Waals surface area contributed by atoms with Crippen LogP contribution in [-0.4, -0.2) is 13.1 Å². The first-order valence-corrected chi connectivity index (χ1v) is 9.19. The highest BCUT2D eigenvalue weighted by Gasteiger charge is 2.24. The molecule has 0 unspecified atom stereocenters. The van der Waals surface area contributed by atoms with Crippen molar-refractivity contribution in [2.45, 2.75) is 32.1 Å². The number of ether oxygens (including phenoxy) is 2. The Morgan fingerprint density at radius 3 is 2.44 bits per heavy atom. The summed E-state index contributed by atoms with van der Waals surface area (Å²) in [6.07, 6.45) is 5.14. The standard InChI is InChI=1S/C20H20Cl2O3/c1-24-18-10-7-14(16-9-8-15(21)12-17(16)22)11-19(18)25-20(23)13-5-3-2-4-6-13/h7-13H,2-6H2,1H3. The van der Waals surface area contributed by atoms with Crippen LogP contribution in [0.1, 0.15) is 32.1 Å². The molecule has 132 valence electrons. The van der Waals surface area contributed by atoms with Crippen LogP contribution in [0, 0.1) is 5.92 Å². The van der Waals surface area contributed by atoms with E-state index in [9.17, 15) is 4.79 Å². The van der Waals surface area contributed by atoms with Gasteiger partial charge in [-0.15, -0.1) is 0 Å². The molecule has 0 aliphatic heterocycles. The van der Waals surface area contributed by atoms with E-state index in [0.717, 1.165) is 36.8 Å². The second kappa shape index (κ2) is 8.11. The fourth-order valence-corrected chi connectivity index (χ4v) is 3.70. The summed E-state index contributed by atoms with van der Waals surface area (Å²) in [6, 6.07) is 10.8. The van der Waals surface area contributed by atoms with E-state index in [0.29, 0.717) is 21.5 Å². The number of carbonyl (C=O) groups excluding carboxylic acids is 1. The van der Waals surface area contributed by atoms with Crippen LogP contribution in [0.15, 0.2) is 36.4 Å². The fourth-order valence-electron chi connectivity index (χ4n) is 3.18. The Labute approximate surface area is 157 Å². The molecule has 0 aromatic heterocycles. The molecule has 1 aliphatic rings. The summed E-state index contributed by atoms with van der Waals surface area (Å²) >= 11 is 12.3. The molecule has 0 saturated heterocycles. The maximum atomic E-state index is 12.5. The molecule has 0 radical (unpaired) electrons. The first-order chi connectivity index (χ1) is 12.1. The number of hydrogen-bond acceptors (Lipinski definition) is 3. The molecule has 3 rings (SSSR count). The average Bonchev–Trinajstić information content (AvgIpc) is 2.62. The number of benzene rings is 2. The van der Waals surface area contributed by atoms with Crippen molar-refractivity contribution in [2.24, 2.45) is 5.92 Å². The van der Waals surface area contributed by atoms with Gasteiger partial charge in [-0.25, -0.2) is 0 Å². The molecule has 2 aromatic rings. The molecule has 2 aromatic carbocycles. The molecule has 0 N–H and O–H groups in total. The van der Waals surface area contributed by atoms with Crippen LogP contribution in [0.5, 0.6) is 11.5 Å². The van der Waals surface area contributed by atoms with Gasteiger partial charge in [-0.1, -0.05) is 54.6 Å². The Morgan fingerprint density at radius 2 is 1.76 bits per heavy atom. The molecule has 0 atom stereocenters. The van der Waals surface area contributed by atoms with E-state index in [1.165, 1.54) is 6.42 Å². The molecule has 0 spiro atoms.